The molecular formula is C17H21NO4. The van der Waals surface area contributed by atoms with E-state index >= 15 is 0 Å². The number of esters is 1. The molecule has 2 aromatic rings. The molecule has 22 heavy (non-hydrogen) atoms. The number of nitrogens with zero attached hydrogens (tertiary/aromatic N) is 1. The first-order valence-corrected chi connectivity index (χ1v) is 7.79. The summed E-state index contributed by atoms with van der Waals surface area (Å²) in [5, 5.41) is 0.373. The van der Waals surface area contributed by atoms with Gasteiger partial charge in [0.1, 0.15) is 5.75 Å². The van der Waals surface area contributed by atoms with E-state index in [0.29, 0.717) is 23.1 Å². The lowest BCUT2D eigenvalue weighted by atomic mass is 10.1. The van der Waals surface area contributed by atoms with Crippen molar-refractivity contribution in [2.75, 3.05) is 0 Å². The summed E-state index contributed by atoms with van der Waals surface area (Å²) in [7, 11) is 0. The molecule has 0 aliphatic heterocycles. The monoisotopic (exact) mass is 303 g/mol. The first-order valence-electron chi connectivity index (χ1n) is 7.79. The molecule has 0 atom stereocenters. The Balaban J connectivity index is 1.83. The second-order valence-corrected chi connectivity index (χ2v) is 5.31. The van der Waals surface area contributed by atoms with Crippen molar-refractivity contribution in [1.82, 2.24) is 4.98 Å². The maximum Gasteiger partial charge on any atom is 0.346 e. The number of hydrogen-bond donors (Lipinski definition) is 0. The third kappa shape index (κ3) is 4.69. The predicted octanol–water partition coefficient (Wildman–Crippen LogP) is 3.84. The minimum atomic E-state index is -0.449. The van der Waals surface area contributed by atoms with Crippen LogP contribution in [-0.2, 0) is 4.79 Å². The molecule has 0 spiro atoms. The molecule has 0 N–H and O–H groups in total. The van der Waals surface area contributed by atoms with Crippen LogP contribution in [-0.4, -0.2) is 11.0 Å². The maximum atomic E-state index is 11.8. The highest BCUT2D eigenvalue weighted by atomic mass is 16.5. The van der Waals surface area contributed by atoms with Gasteiger partial charge in [0.05, 0.1) is 10.9 Å². The lowest BCUT2D eigenvalue weighted by Gasteiger charge is -2.05. The summed E-state index contributed by atoms with van der Waals surface area (Å²) >= 11 is 0. The fourth-order valence-electron chi connectivity index (χ4n) is 2.28. The van der Waals surface area contributed by atoms with E-state index in [4.69, 9.17) is 4.74 Å². The van der Waals surface area contributed by atoms with Gasteiger partial charge in [0, 0.05) is 12.5 Å². The van der Waals surface area contributed by atoms with E-state index in [1.54, 1.807) is 18.2 Å². The predicted molar refractivity (Wildman–Crippen MR) is 83.9 cm³/mol. The molecule has 0 amide bonds. The zero-order valence-electron chi connectivity index (χ0n) is 12.8. The van der Waals surface area contributed by atoms with E-state index in [-0.39, 0.29) is 5.97 Å². The molecule has 1 aromatic carbocycles. The Morgan fingerprint density at radius 1 is 1.18 bits per heavy atom. The number of hydrogen-bond acceptors (Lipinski definition) is 5. The Morgan fingerprint density at radius 2 is 1.95 bits per heavy atom. The minimum Gasteiger partial charge on any atom is -0.426 e. The summed E-state index contributed by atoms with van der Waals surface area (Å²) < 4.78 is 9.96. The first kappa shape index (κ1) is 16.2. The highest BCUT2D eigenvalue weighted by Crippen LogP contribution is 2.17. The Labute approximate surface area is 129 Å². The molecule has 0 saturated heterocycles. The molecule has 0 radical (unpaired) electrons. The molecule has 0 bridgehead atoms. The number of carbonyl (C=O) groups excluding carboxylic acids is 1. The summed E-state index contributed by atoms with van der Waals surface area (Å²) in [4.78, 5) is 27.2. The van der Waals surface area contributed by atoms with E-state index in [1.807, 2.05) is 0 Å². The van der Waals surface area contributed by atoms with Crippen LogP contribution in [0.1, 0.15) is 51.9 Å². The molecule has 2 rings (SSSR count). The normalized spacial score (nSPS) is 10.8. The van der Waals surface area contributed by atoms with Crippen LogP contribution in [0, 0.1) is 0 Å². The van der Waals surface area contributed by atoms with Gasteiger partial charge in [-0.3, -0.25) is 4.79 Å². The lowest BCUT2D eigenvalue weighted by Crippen LogP contribution is -2.08. The molecule has 1 heterocycles. The number of fused-ring (bicyclic) bond motifs is 1. The van der Waals surface area contributed by atoms with Crippen LogP contribution in [0.2, 0.25) is 0 Å². The third-order valence-corrected chi connectivity index (χ3v) is 3.51. The molecule has 5 heteroatoms. The van der Waals surface area contributed by atoms with Crippen molar-refractivity contribution in [3.05, 3.63) is 35.0 Å². The molecule has 0 aliphatic rings. The standard InChI is InChI=1S/C17H21NO4/c1-2-3-4-5-6-7-8-16(19)22-13-9-10-14-15(11-13)18-12-21-17(14)20/h9-12H,2-8H2,1H3. The number of ether oxygens (including phenoxy) is 1. The zero-order valence-corrected chi connectivity index (χ0v) is 12.8. The smallest absolute Gasteiger partial charge is 0.346 e. The van der Waals surface area contributed by atoms with E-state index < -0.39 is 5.63 Å². The van der Waals surface area contributed by atoms with Gasteiger partial charge in [0.25, 0.3) is 0 Å². The number of carbonyl (C=O) groups is 1. The van der Waals surface area contributed by atoms with Crippen LogP contribution in [0.5, 0.6) is 5.75 Å². The molecule has 5 nitrogen and oxygen atoms in total. The van der Waals surface area contributed by atoms with Gasteiger partial charge in [0.2, 0.25) is 0 Å². The number of unbranched alkanes of at least 4 members (excludes halogenated alkanes) is 5. The van der Waals surface area contributed by atoms with Gasteiger partial charge in [-0.05, 0) is 18.6 Å². The van der Waals surface area contributed by atoms with Gasteiger partial charge in [-0.2, -0.15) is 0 Å². The average Bonchev–Trinajstić information content (AvgIpc) is 2.51. The van der Waals surface area contributed by atoms with Gasteiger partial charge in [-0.25, -0.2) is 9.78 Å². The van der Waals surface area contributed by atoms with Crippen LogP contribution in [0.15, 0.2) is 33.8 Å². The highest BCUT2D eigenvalue weighted by molar-refractivity contribution is 5.80. The van der Waals surface area contributed by atoms with E-state index in [1.165, 1.54) is 19.3 Å². The number of aromatic nitrogens is 1. The van der Waals surface area contributed by atoms with Crippen molar-refractivity contribution in [1.29, 1.82) is 0 Å². The molecule has 118 valence electrons. The van der Waals surface area contributed by atoms with Gasteiger partial charge in [-0.1, -0.05) is 39.0 Å². The fraction of sp³-hybridized carbons (Fsp3) is 0.471. The van der Waals surface area contributed by atoms with Gasteiger partial charge >= 0.3 is 11.6 Å². The molecule has 1 aromatic heterocycles. The summed E-state index contributed by atoms with van der Waals surface area (Å²) in [5.74, 6) is 0.152. The summed E-state index contributed by atoms with van der Waals surface area (Å²) in [6.07, 6.45) is 8.26. The minimum absolute atomic E-state index is 0.252. The zero-order chi connectivity index (χ0) is 15.8. The first-order chi connectivity index (χ1) is 10.7. The Morgan fingerprint density at radius 3 is 2.77 bits per heavy atom. The Hall–Kier alpha value is -2.17. The third-order valence-electron chi connectivity index (χ3n) is 3.51. The van der Waals surface area contributed by atoms with Crippen LogP contribution < -0.4 is 10.4 Å². The van der Waals surface area contributed by atoms with Gasteiger partial charge in [0.15, 0.2) is 6.39 Å². The topological polar surface area (TPSA) is 69.4 Å². The largest absolute Gasteiger partial charge is 0.426 e. The van der Waals surface area contributed by atoms with E-state index in [9.17, 15) is 9.59 Å². The summed E-state index contributed by atoms with van der Waals surface area (Å²) in [6, 6.07) is 4.72. The second-order valence-electron chi connectivity index (χ2n) is 5.31. The molecule has 0 aliphatic carbocycles. The maximum absolute atomic E-state index is 11.8. The Kier molecular flexibility index (Phi) is 6.13. The van der Waals surface area contributed by atoms with Crippen LogP contribution in [0.4, 0.5) is 0 Å². The van der Waals surface area contributed by atoms with Crippen molar-refractivity contribution in [2.24, 2.45) is 0 Å². The van der Waals surface area contributed by atoms with Gasteiger partial charge in [-0.15, -0.1) is 0 Å². The van der Waals surface area contributed by atoms with Crippen LogP contribution in [0.3, 0.4) is 0 Å². The van der Waals surface area contributed by atoms with Crippen molar-refractivity contribution in [2.45, 2.75) is 51.9 Å². The summed E-state index contributed by atoms with van der Waals surface area (Å²) in [5.41, 5.74) is 0.0103. The average molecular weight is 303 g/mol. The van der Waals surface area contributed by atoms with Crippen molar-refractivity contribution >= 4 is 16.9 Å². The van der Waals surface area contributed by atoms with E-state index in [0.717, 1.165) is 25.7 Å². The van der Waals surface area contributed by atoms with Gasteiger partial charge < -0.3 is 9.15 Å². The molecular weight excluding hydrogens is 282 g/mol. The Bertz CT molecular complexity index is 678. The number of rotatable bonds is 8. The van der Waals surface area contributed by atoms with Crippen LogP contribution >= 0.6 is 0 Å². The molecule has 0 saturated carbocycles. The van der Waals surface area contributed by atoms with Crippen molar-refractivity contribution in [3.8, 4) is 5.75 Å². The highest BCUT2D eigenvalue weighted by Gasteiger charge is 2.07. The van der Waals surface area contributed by atoms with Crippen molar-refractivity contribution in [3.63, 3.8) is 0 Å². The quantitative estimate of drug-likeness (QED) is 0.421. The molecule has 0 fully saturated rings. The fourth-order valence-corrected chi connectivity index (χ4v) is 2.28. The van der Waals surface area contributed by atoms with E-state index in [2.05, 4.69) is 16.3 Å². The summed E-state index contributed by atoms with van der Waals surface area (Å²) in [6.45, 7) is 2.18. The van der Waals surface area contributed by atoms with Crippen molar-refractivity contribution < 1.29 is 13.9 Å². The van der Waals surface area contributed by atoms with Crippen LogP contribution in [0.25, 0.3) is 10.9 Å². The lowest BCUT2D eigenvalue weighted by molar-refractivity contribution is -0.134. The second kappa shape index (κ2) is 8.32. The molecule has 0 unspecified atom stereocenters. The SMILES string of the molecule is CCCCCCCCC(=O)Oc1ccc2c(=O)ocnc2c1. The number of benzene rings is 1.